The van der Waals surface area contributed by atoms with Crippen molar-refractivity contribution in [3.8, 4) is 17.2 Å². The van der Waals surface area contributed by atoms with Crippen LogP contribution in [0.2, 0.25) is 0 Å². The number of alkyl halides is 5. The van der Waals surface area contributed by atoms with Crippen LogP contribution in [0.15, 0.2) is 24.4 Å². The van der Waals surface area contributed by atoms with Crippen LogP contribution in [0.5, 0.6) is 17.2 Å². The van der Waals surface area contributed by atoms with E-state index >= 15 is 0 Å². The lowest BCUT2D eigenvalue weighted by atomic mass is 9.70. The maximum Gasteiger partial charge on any atom is 0.586 e. The molecule has 1 aromatic heterocycles. The van der Waals surface area contributed by atoms with E-state index in [0.29, 0.717) is 6.54 Å². The number of nitrogens with zero attached hydrogens (tertiary/aromatic N) is 1. The number of piperidine rings is 1. The van der Waals surface area contributed by atoms with Gasteiger partial charge in [-0.15, -0.1) is 8.78 Å². The number of ether oxygens (including phenoxy) is 4. The minimum atomic E-state index is -4.56. The van der Waals surface area contributed by atoms with Crippen LogP contribution < -0.4 is 35.5 Å². The van der Waals surface area contributed by atoms with Gasteiger partial charge in [0.15, 0.2) is 17.1 Å². The molecule has 238 valence electrons. The van der Waals surface area contributed by atoms with Crippen molar-refractivity contribution in [1.29, 1.82) is 0 Å². The van der Waals surface area contributed by atoms with Gasteiger partial charge in [-0.05, 0) is 57.2 Å². The van der Waals surface area contributed by atoms with E-state index in [2.05, 4.69) is 35.7 Å². The summed E-state index contributed by atoms with van der Waals surface area (Å²) in [5, 5.41) is 11.8. The van der Waals surface area contributed by atoms with Crippen molar-refractivity contribution in [2.45, 2.75) is 68.2 Å². The molecule has 0 radical (unpaired) electrons. The number of carbonyl (C=O) groups is 2. The van der Waals surface area contributed by atoms with Crippen LogP contribution in [0.4, 0.5) is 33.5 Å². The SMILES string of the molecule is COc1ccnc(N[C@@H]2CCCNC2)c1C(=O)Nc1cc2c(cc1C(=O)NC13CCC(C(F)(F)F)(CC1)OC3)OC(F)(F)O2. The largest absolute Gasteiger partial charge is 0.586 e. The molecule has 7 rings (SSSR count). The van der Waals surface area contributed by atoms with Gasteiger partial charge in [-0.25, -0.2) is 4.98 Å². The number of fused-ring (bicyclic) bond motifs is 4. The summed E-state index contributed by atoms with van der Waals surface area (Å²) in [4.78, 5) is 31.7. The number of anilines is 2. The fourth-order valence-electron chi connectivity index (χ4n) is 6.12. The van der Waals surface area contributed by atoms with Crippen molar-refractivity contribution in [1.82, 2.24) is 15.6 Å². The highest BCUT2D eigenvalue weighted by molar-refractivity contribution is 6.13. The van der Waals surface area contributed by atoms with Crippen LogP contribution in [-0.4, -0.2) is 73.3 Å². The summed E-state index contributed by atoms with van der Waals surface area (Å²) in [5.41, 5.74) is -3.86. The van der Waals surface area contributed by atoms with E-state index in [1.54, 1.807) is 0 Å². The molecular formula is C28H30F5N5O6. The summed E-state index contributed by atoms with van der Waals surface area (Å²) in [6.07, 6.45) is -6.10. The van der Waals surface area contributed by atoms with Crippen LogP contribution in [0.3, 0.4) is 0 Å². The maximum absolute atomic E-state index is 14.0. The molecular weight excluding hydrogens is 597 g/mol. The average molecular weight is 628 g/mol. The van der Waals surface area contributed by atoms with E-state index in [0.717, 1.165) is 31.5 Å². The molecule has 0 spiro atoms. The van der Waals surface area contributed by atoms with E-state index < -0.39 is 46.9 Å². The summed E-state index contributed by atoms with van der Waals surface area (Å²) < 4.78 is 88.5. The van der Waals surface area contributed by atoms with Gasteiger partial charge in [0.25, 0.3) is 11.8 Å². The Morgan fingerprint density at radius 1 is 1.09 bits per heavy atom. The second-order valence-corrected chi connectivity index (χ2v) is 11.4. The molecule has 4 N–H and O–H groups in total. The summed E-state index contributed by atoms with van der Waals surface area (Å²) in [5.74, 6) is -2.12. The molecule has 0 unspecified atom stereocenters. The topological polar surface area (TPSA) is 132 Å². The Kier molecular flexibility index (Phi) is 7.47. The number of rotatable bonds is 7. The second kappa shape index (κ2) is 10.9. The average Bonchev–Trinajstić information content (AvgIpc) is 3.29. The van der Waals surface area contributed by atoms with Crippen molar-refractivity contribution >= 4 is 23.3 Å². The molecule has 2 bridgehead atoms. The van der Waals surface area contributed by atoms with Gasteiger partial charge in [0, 0.05) is 24.8 Å². The Labute approximate surface area is 248 Å². The number of benzene rings is 1. The molecule has 4 aliphatic heterocycles. The quantitative estimate of drug-likeness (QED) is 0.334. The first-order valence-electron chi connectivity index (χ1n) is 14.1. The normalized spacial score (nSPS) is 27.0. The van der Waals surface area contributed by atoms with Crippen molar-refractivity contribution in [2.75, 3.05) is 37.4 Å². The standard InChI is InChI=1S/C28H30F5N5O6/c1-41-18-4-10-35-22(36-15-3-2-9-34-13-15)21(18)24(40)37-17-12-20-19(43-28(32,33)44-20)11-16(17)23(39)38-25-5-7-26(8-6-25,42-14-25)27(29,30)31/h4,10-12,15,34H,2-3,5-9,13-14H2,1H3,(H,35,36)(H,37,40)(H,38,39)/t15-,25?,26?/m1/s1. The number of halogens is 5. The molecule has 1 atom stereocenters. The molecule has 1 aliphatic carbocycles. The monoisotopic (exact) mass is 627 g/mol. The summed E-state index contributed by atoms with van der Waals surface area (Å²) in [6.45, 7) is 1.11. The van der Waals surface area contributed by atoms with Crippen LogP contribution in [0.25, 0.3) is 0 Å². The first-order chi connectivity index (χ1) is 20.8. The van der Waals surface area contributed by atoms with E-state index in [4.69, 9.17) is 9.47 Å². The number of carbonyl (C=O) groups excluding carboxylic acids is 2. The molecule has 16 heteroatoms. The van der Waals surface area contributed by atoms with Crippen molar-refractivity contribution < 1.29 is 50.5 Å². The van der Waals surface area contributed by atoms with Gasteiger partial charge in [0.05, 0.1) is 30.5 Å². The summed E-state index contributed by atoms with van der Waals surface area (Å²) in [7, 11) is 1.36. The van der Waals surface area contributed by atoms with Gasteiger partial charge in [0.1, 0.15) is 17.1 Å². The molecule has 2 amide bonds. The first-order valence-corrected chi connectivity index (χ1v) is 14.1. The van der Waals surface area contributed by atoms with Crippen LogP contribution in [0, 0.1) is 0 Å². The predicted octanol–water partition coefficient (Wildman–Crippen LogP) is 4.20. The fourth-order valence-corrected chi connectivity index (χ4v) is 6.12. The Bertz CT molecular complexity index is 1440. The van der Waals surface area contributed by atoms with E-state index in [-0.39, 0.29) is 66.7 Å². The lowest BCUT2D eigenvalue weighted by Crippen LogP contribution is -2.66. The van der Waals surface area contributed by atoms with Crippen molar-refractivity contribution in [3.05, 3.63) is 35.5 Å². The van der Waals surface area contributed by atoms with Gasteiger partial charge >= 0.3 is 12.5 Å². The fraction of sp³-hybridized carbons (Fsp3) is 0.536. The van der Waals surface area contributed by atoms with Gasteiger partial charge in [0.2, 0.25) is 0 Å². The number of aromatic nitrogens is 1. The predicted molar refractivity (Wildman–Crippen MR) is 144 cm³/mol. The molecule has 44 heavy (non-hydrogen) atoms. The van der Waals surface area contributed by atoms with Crippen molar-refractivity contribution in [3.63, 3.8) is 0 Å². The van der Waals surface area contributed by atoms with Gasteiger partial charge < -0.3 is 40.2 Å². The Balaban J connectivity index is 1.29. The molecule has 4 fully saturated rings. The molecule has 5 heterocycles. The van der Waals surface area contributed by atoms with Crippen LogP contribution in [-0.2, 0) is 4.74 Å². The number of nitrogens with one attached hydrogen (secondary N) is 4. The molecule has 3 saturated heterocycles. The van der Waals surface area contributed by atoms with Gasteiger partial charge in [-0.3, -0.25) is 9.59 Å². The highest BCUT2D eigenvalue weighted by Gasteiger charge is 2.63. The minimum Gasteiger partial charge on any atom is -0.496 e. The third-order valence-corrected chi connectivity index (χ3v) is 8.57. The van der Waals surface area contributed by atoms with Crippen LogP contribution >= 0.6 is 0 Å². The lowest BCUT2D eigenvalue weighted by Gasteiger charge is -2.53. The highest BCUT2D eigenvalue weighted by atomic mass is 19.4. The molecule has 11 nitrogen and oxygen atoms in total. The lowest BCUT2D eigenvalue weighted by molar-refractivity contribution is -0.317. The Morgan fingerprint density at radius 2 is 1.82 bits per heavy atom. The number of hydrogen-bond donors (Lipinski definition) is 4. The number of methoxy groups -OCH3 is 1. The number of pyridine rings is 1. The zero-order valence-electron chi connectivity index (χ0n) is 23.5. The van der Waals surface area contributed by atoms with Crippen molar-refractivity contribution in [2.24, 2.45) is 0 Å². The van der Waals surface area contributed by atoms with Gasteiger partial charge in [-0.2, -0.15) is 13.2 Å². The number of amides is 2. The van der Waals surface area contributed by atoms with E-state index in [1.807, 2.05) is 0 Å². The third kappa shape index (κ3) is 5.56. The zero-order chi connectivity index (χ0) is 31.3. The van der Waals surface area contributed by atoms with E-state index in [9.17, 15) is 31.5 Å². The maximum atomic E-state index is 14.0. The smallest absolute Gasteiger partial charge is 0.496 e. The summed E-state index contributed by atoms with van der Waals surface area (Å²) >= 11 is 0. The molecule has 1 aromatic carbocycles. The molecule has 2 aromatic rings. The minimum absolute atomic E-state index is 0.00461. The Hall–Kier alpha value is -3.92. The molecule has 1 saturated carbocycles. The van der Waals surface area contributed by atoms with Gasteiger partial charge in [-0.1, -0.05) is 0 Å². The zero-order valence-corrected chi connectivity index (χ0v) is 23.5. The summed E-state index contributed by atoms with van der Waals surface area (Å²) in [6, 6.07) is 3.44. The highest BCUT2D eigenvalue weighted by Crippen LogP contribution is 2.52. The third-order valence-electron chi connectivity index (χ3n) is 8.57. The van der Waals surface area contributed by atoms with Crippen LogP contribution in [0.1, 0.15) is 59.2 Å². The molecule has 5 aliphatic rings. The first kappa shape index (κ1) is 30.1. The Morgan fingerprint density at radius 3 is 2.43 bits per heavy atom. The van der Waals surface area contributed by atoms with E-state index in [1.165, 1.54) is 19.4 Å². The second-order valence-electron chi connectivity index (χ2n) is 11.4. The number of hydrogen-bond acceptors (Lipinski definition) is 9.